The second-order valence-corrected chi connectivity index (χ2v) is 7.91. The van der Waals surface area contributed by atoms with Crippen LogP contribution in [0.1, 0.15) is 20.3 Å². The number of nitrogens with zero attached hydrogens (tertiary/aromatic N) is 1. The zero-order valence-electron chi connectivity index (χ0n) is 13.0. The van der Waals surface area contributed by atoms with E-state index in [9.17, 15) is 23.1 Å². The van der Waals surface area contributed by atoms with Crippen molar-refractivity contribution in [2.24, 2.45) is 0 Å². The molecule has 2 unspecified atom stereocenters. The molecule has 1 amide bonds. The second-order valence-electron chi connectivity index (χ2n) is 5.69. The summed E-state index contributed by atoms with van der Waals surface area (Å²) in [6.07, 6.45) is -1.06. The highest BCUT2D eigenvalue weighted by molar-refractivity contribution is 9.10. The first kappa shape index (κ1) is 18.7. The van der Waals surface area contributed by atoms with Gasteiger partial charge in [-0.1, -0.05) is 15.9 Å². The van der Waals surface area contributed by atoms with Crippen LogP contribution in [0, 0.1) is 0 Å². The van der Waals surface area contributed by atoms with E-state index in [-0.39, 0.29) is 13.0 Å². The highest BCUT2D eigenvalue weighted by Gasteiger charge is 2.50. The van der Waals surface area contributed by atoms with Crippen LogP contribution in [0.15, 0.2) is 28.7 Å². The van der Waals surface area contributed by atoms with Gasteiger partial charge >= 0.3 is 16.3 Å². The minimum atomic E-state index is -4.15. The zero-order chi connectivity index (χ0) is 18.1. The topological polar surface area (TPSA) is 113 Å². The fourth-order valence-corrected chi connectivity index (χ4v) is 3.86. The SMILES string of the molecule is CC(=O)N1CC(OS(=O)(=O)Nc2ccc(Br)cc2)CC1(C)C(=O)O. The van der Waals surface area contributed by atoms with E-state index in [1.165, 1.54) is 13.8 Å². The van der Waals surface area contributed by atoms with Crippen molar-refractivity contribution in [3.05, 3.63) is 28.7 Å². The molecule has 1 aliphatic rings. The number of carbonyl (C=O) groups excluding carboxylic acids is 1. The van der Waals surface area contributed by atoms with Crippen molar-refractivity contribution in [3.63, 3.8) is 0 Å². The first-order valence-corrected chi connectivity index (χ1v) is 9.22. The molecule has 8 nitrogen and oxygen atoms in total. The third kappa shape index (κ3) is 4.05. The van der Waals surface area contributed by atoms with Crippen molar-refractivity contribution < 1.29 is 27.3 Å². The molecule has 10 heteroatoms. The van der Waals surface area contributed by atoms with Gasteiger partial charge in [0.25, 0.3) is 0 Å². The molecule has 0 spiro atoms. The van der Waals surface area contributed by atoms with Gasteiger partial charge in [-0.25, -0.2) is 8.98 Å². The van der Waals surface area contributed by atoms with Gasteiger partial charge in [-0.3, -0.25) is 9.52 Å². The summed E-state index contributed by atoms with van der Waals surface area (Å²) in [6, 6.07) is 6.41. The fraction of sp³-hybridized carbons (Fsp3) is 0.429. The molecule has 1 fully saturated rings. The van der Waals surface area contributed by atoms with E-state index in [0.29, 0.717) is 5.69 Å². The molecular weight excluding hydrogens is 404 g/mol. The molecule has 0 saturated carbocycles. The van der Waals surface area contributed by atoms with Crippen molar-refractivity contribution in [2.45, 2.75) is 31.9 Å². The molecule has 1 aromatic carbocycles. The minimum Gasteiger partial charge on any atom is -0.480 e. The van der Waals surface area contributed by atoms with E-state index >= 15 is 0 Å². The maximum absolute atomic E-state index is 12.1. The Labute approximate surface area is 148 Å². The predicted molar refractivity (Wildman–Crippen MR) is 89.6 cm³/mol. The molecule has 1 aromatic rings. The van der Waals surface area contributed by atoms with Gasteiger partial charge in [-0.05, 0) is 31.2 Å². The van der Waals surface area contributed by atoms with Gasteiger partial charge in [0.1, 0.15) is 5.54 Å². The standard InChI is InChI=1S/C14H17BrN2O6S/c1-9(18)17-8-12(7-14(17,2)13(19)20)23-24(21,22)16-11-5-3-10(15)4-6-11/h3-6,12,16H,7-8H2,1-2H3,(H,19,20). The van der Waals surface area contributed by atoms with Crippen LogP contribution in [-0.2, 0) is 24.1 Å². The van der Waals surface area contributed by atoms with Crippen molar-refractivity contribution in [2.75, 3.05) is 11.3 Å². The van der Waals surface area contributed by atoms with Crippen LogP contribution in [0.25, 0.3) is 0 Å². The molecule has 24 heavy (non-hydrogen) atoms. The fourth-order valence-electron chi connectivity index (χ4n) is 2.63. The molecule has 2 atom stereocenters. The Morgan fingerprint density at radius 1 is 1.38 bits per heavy atom. The van der Waals surface area contributed by atoms with E-state index < -0.39 is 33.8 Å². The lowest BCUT2D eigenvalue weighted by atomic mass is 9.98. The number of aliphatic carboxylic acids is 1. The number of hydrogen-bond acceptors (Lipinski definition) is 5. The first-order valence-electron chi connectivity index (χ1n) is 7.02. The molecule has 0 aromatic heterocycles. The monoisotopic (exact) mass is 420 g/mol. The van der Waals surface area contributed by atoms with E-state index in [4.69, 9.17) is 4.18 Å². The van der Waals surface area contributed by atoms with Gasteiger partial charge in [-0.2, -0.15) is 8.42 Å². The summed E-state index contributed by atoms with van der Waals surface area (Å²) in [4.78, 5) is 24.2. The van der Waals surface area contributed by atoms with Crippen LogP contribution in [0.3, 0.4) is 0 Å². The lowest BCUT2D eigenvalue weighted by Gasteiger charge is -2.29. The van der Waals surface area contributed by atoms with E-state index in [1.54, 1.807) is 24.3 Å². The van der Waals surface area contributed by atoms with E-state index in [2.05, 4.69) is 20.7 Å². The number of rotatable bonds is 5. The van der Waals surface area contributed by atoms with Crippen LogP contribution in [-0.4, -0.2) is 48.5 Å². The van der Waals surface area contributed by atoms with Crippen LogP contribution < -0.4 is 4.72 Å². The molecule has 2 N–H and O–H groups in total. The Morgan fingerprint density at radius 3 is 2.42 bits per heavy atom. The summed E-state index contributed by atoms with van der Waals surface area (Å²) < 4.78 is 32.3. The van der Waals surface area contributed by atoms with Crippen LogP contribution in [0.2, 0.25) is 0 Å². The first-order chi connectivity index (χ1) is 11.0. The number of halogens is 1. The second kappa shape index (κ2) is 6.69. The average molecular weight is 421 g/mol. The number of likely N-dealkylation sites (tertiary alicyclic amines) is 1. The molecule has 1 heterocycles. The van der Waals surface area contributed by atoms with Gasteiger partial charge in [0.05, 0.1) is 11.8 Å². The molecule has 0 radical (unpaired) electrons. The zero-order valence-corrected chi connectivity index (χ0v) is 15.4. The van der Waals surface area contributed by atoms with Gasteiger partial charge in [0.15, 0.2) is 0 Å². The van der Waals surface area contributed by atoms with Gasteiger partial charge < -0.3 is 10.0 Å². The quantitative estimate of drug-likeness (QED) is 0.747. The van der Waals surface area contributed by atoms with Gasteiger partial charge in [0.2, 0.25) is 5.91 Å². The number of anilines is 1. The van der Waals surface area contributed by atoms with Gasteiger partial charge in [-0.15, -0.1) is 0 Å². The summed E-state index contributed by atoms with van der Waals surface area (Å²) in [6.45, 7) is 2.49. The molecule has 0 bridgehead atoms. The van der Waals surface area contributed by atoms with E-state index in [0.717, 1.165) is 9.37 Å². The maximum atomic E-state index is 12.1. The summed E-state index contributed by atoms with van der Waals surface area (Å²) in [5.74, 6) is -1.66. The molecule has 2 rings (SSSR count). The molecular formula is C14H17BrN2O6S. The molecule has 1 aliphatic heterocycles. The van der Waals surface area contributed by atoms with Crippen LogP contribution in [0.4, 0.5) is 5.69 Å². The number of carbonyl (C=O) groups is 2. The summed E-state index contributed by atoms with van der Waals surface area (Å²) in [7, 11) is -4.15. The smallest absolute Gasteiger partial charge is 0.360 e. The Bertz CT molecular complexity index is 751. The van der Waals surface area contributed by atoms with Crippen molar-refractivity contribution in [1.29, 1.82) is 0 Å². The normalized spacial score (nSPS) is 24.0. The Hall–Kier alpha value is -1.65. The lowest BCUT2D eigenvalue weighted by Crippen LogP contribution is -2.49. The minimum absolute atomic E-state index is 0.112. The highest BCUT2D eigenvalue weighted by Crippen LogP contribution is 2.32. The Morgan fingerprint density at radius 2 is 1.96 bits per heavy atom. The third-order valence-electron chi connectivity index (χ3n) is 3.80. The Kier molecular flexibility index (Phi) is 5.21. The molecule has 132 valence electrons. The number of nitrogens with one attached hydrogen (secondary N) is 1. The summed E-state index contributed by atoms with van der Waals surface area (Å²) in [5, 5.41) is 9.35. The summed E-state index contributed by atoms with van der Waals surface area (Å²) >= 11 is 3.24. The number of carboxylic acids is 1. The number of amides is 1. The maximum Gasteiger partial charge on any atom is 0.360 e. The largest absolute Gasteiger partial charge is 0.480 e. The van der Waals surface area contributed by atoms with E-state index in [1.807, 2.05) is 0 Å². The highest BCUT2D eigenvalue weighted by atomic mass is 79.9. The van der Waals surface area contributed by atoms with Crippen LogP contribution >= 0.6 is 15.9 Å². The van der Waals surface area contributed by atoms with Crippen molar-refractivity contribution in [3.8, 4) is 0 Å². The number of benzene rings is 1. The molecule has 0 aliphatic carbocycles. The molecule has 1 saturated heterocycles. The van der Waals surface area contributed by atoms with Gasteiger partial charge in [0, 0.05) is 24.4 Å². The van der Waals surface area contributed by atoms with Crippen LogP contribution in [0.5, 0.6) is 0 Å². The predicted octanol–water partition coefficient (Wildman–Crippen LogP) is 1.59. The summed E-state index contributed by atoms with van der Waals surface area (Å²) in [5.41, 5.74) is -1.19. The van der Waals surface area contributed by atoms with Crippen molar-refractivity contribution >= 4 is 43.8 Å². The van der Waals surface area contributed by atoms with Crippen molar-refractivity contribution in [1.82, 2.24) is 4.90 Å². The number of hydrogen-bond donors (Lipinski definition) is 2. The average Bonchev–Trinajstić information content (AvgIpc) is 2.78. The Balaban J connectivity index is 2.11. The lowest BCUT2D eigenvalue weighted by molar-refractivity contribution is -0.154. The third-order valence-corrected chi connectivity index (χ3v) is 5.34. The number of carboxylic acid groups (broad SMARTS) is 1.